The van der Waals surface area contributed by atoms with Crippen LogP contribution in [0.3, 0.4) is 0 Å². The maximum absolute atomic E-state index is 13.3. The largest absolute Gasteiger partial charge is 0.418 e. The molecule has 0 aromatic carbocycles. The first-order valence-electron chi connectivity index (χ1n) is 12.9. The fourth-order valence-corrected chi connectivity index (χ4v) is 5.79. The molecule has 0 aliphatic carbocycles. The number of carbonyl (C=O) groups excluding carboxylic acids is 1. The first kappa shape index (κ1) is 25.8. The van der Waals surface area contributed by atoms with E-state index in [0.717, 1.165) is 40.8 Å². The number of nitriles is 1. The van der Waals surface area contributed by atoms with Gasteiger partial charge < -0.3 is 19.8 Å². The lowest BCUT2D eigenvalue weighted by Crippen LogP contribution is -2.66. The Morgan fingerprint density at radius 3 is 2.75 bits per heavy atom. The standard InChI is InChI=1S/C27H26F3N9O/c28-27(29,30)21-2-8-32-13-22(21)36-25(40)37-10-4-19(5-11-37)38-15-26(16-38,6-7-31)39-12-3-18(14-39)23-20-1-9-33-24(20)35-17-34-23/h1-3,8-9,12-14,17,19H,4-6,10-11,15-16H2,(H,36,40)(H,33,34,35). The zero-order chi connectivity index (χ0) is 27.9. The summed E-state index contributed by atoms with van der Waals surface area (Å²) in [5.41, 5.74) is 0.902. The number of rotatable bonds is 5. The number of urea groups is 1. The molecular formula is C27H26F3N9O. The number of aromatic nitrogens is 5. The molecular weight excluding hydrogens is 523 g/mol. The van der Waals surface area contributed by atoms with Crippen molar-refractivity contribution in [3.8, 4) is 17.3 Å². The average molecular weight is 550 g/mol. The summed E-state index contributed by atoms with van der Waals surface area (Å²) in [5, 5.41) is 12.9. The zero-order valence-electron chi connectivity index (χ0n) is 21.4. The Bertz CT molecular complexity index is 1570. The molecule has 6 heterocycles. The van der Waals surface area contributed by atoms with Crippen molar-refractivity contribution in [2.24, 2.45) is 0 Å². The number of hydrogen-bond donors (Lipinski definition) is 2. The Balaban J connectivity index is 1.09. The second-order valence-electron chi connectivity index (χ2n) is 10.3. The van der Waals surface area contributed by atoms with E-state index in [1.54, 1.807) is 0 Å². The maximum atomic E-state index is 13.3. The molecule has 2 fully saturated rings. The van der Waals surface area contributed by atoms with E-state index in [2.05, 4.69) is 40.8 Å². The molecule has 2 amide bonds. The molecule has 0 saturated carbocycles. The summed E-state index contributed by atoms with van der Waals surface area (Å²) in [6.07, 6.45) is 6.60. The van der Waals surface area contributed by atoms with Crippen molar-refractivity contribution in [3.05, 3.63) is 61.1 Å². The molecule has 4 aromatic rings. The summed E-state index contributed by atoms with van der Waals surface area (Å²) < 4.78 is 41.9. The van der Waals surface area contributed by atoms with Gasteiger partial charge in [-0.25, -0.2) is 14.8 Å². The van der Waals surface area contributed by atoms with Crippen molar-refractivity contribution < 1.29 is 18.0 Å². The quantitative estimate of drug-likeness (QED) is 0.380. The summed E-state index contributed by atoms with van der Waals surface area (Å²) in [6, 6.07) is 6.78. The van der Waals surface area contributed by atoms with Crippen molar-refractivity contribution in [3.63, 3.8) is 0 Å². The second-order valence-corrected chi connectivity index (χ2v) is 10.3. The smallest absolute Gasteiger partial charge is 0.346 e. The first-order valence-corrected chi connectivity index (χ1v) is 12.9. The van der Waals surface area contributed by atoms with E-state index in [1.807, 2.05) is 30.7 Å². The monoisotopic (exact) mass is 549 g/mol. The maximum Gasteiger partial charge on any atom is 0.418 e. The summed E-state index contributed by atoms with van der Waals surface area (Å²) in [6.45, 7) is 2.24. The topological polar surface area (TPSA) is 119 Å². The number of nitrogens with one attached hydrogen (secondary N) is 2. The van der Waals surface area contributed by atoms with E-state index >= 15 is 0 Å². The number of likely N-dealkylation sites (tertiary alicyclic amines) is 2. The van der Waals surface area contributed by atoms with E-state index in [1.165, 1.54) is 11.2 Å². The lowest BCUT2D eigenvalue weighted by molar-refractivity contribution is -0.137. The molecule has 0 unspecified atom stereocenters. The SMILES string of the molecule is N#CCC1(n2ccc(-c3ncnc4[nH]ccc34)c2)CN(C2CCN(C(=O)Nc3cnccc3C(F)(F)F)CC2)C1. The molecule has 206 valence electrons. The number of nitrogens with zero attached hydrogens (tertiary/aromatic N) is 7. The average Bonchev–Trinajstić information content (AvgIpc) is 3.61. The molecule has 0 spiro atoms. The van der Waals surface area contributed by atoms with Crippen LogP contribution in [-0.2, 0) is 11.7 Å². The van der Waals surface area contributed by atoms with Crippen LogP contribution in [0.15, 0.2) is 55.5 Å². The van der Waals surface area contributed by atoms with Crippen LogP contribution >= 0.6 is 0 Å². The Morgan fingerprint density at radius 1 is 1.20 bits per heavy atom. The van der Waals surface area contributed by atoms with Crippen molar-refractivity contribution in [2.75, 3.05) is 31.5 Å². The number of amides is 2. The zero-order valence-corrected chi connectivity index (χ0v) is 21.4. The van der Waals surface area contributed by atoms with Crippen LogP contribution in [0.25, 0.3) is 22.3 Å². The fourth-order valence-electron chi connectivity index (χ4n) is 5.79. The number of alkyl halides is 3. The molecule has 2 N–H and O–H groups in total. The molecule has 10 nitrogen and oxygen atoms in total. The normalized spacial score (nSPS) is 17.9. The molecule has 2 aliphatic rings. The van der Waals surface area contributed by atoms with E-state index in [4.69, 9.17) is 0 Å². The Morgan fingerprint density at radius 2 is 2.00 bits per heavy atom. The van der Waals surface area contributed by atoms with Crippen molar-refractivity contribution in [2.45, 2.75) is 37.0 Å². The van der Waals surface area contributed by atoms with Gasteiger partial charge in [0.2, 0.25) is 0 Å². The van der Waals surface area contributed by atoms with Crippen LogP contribution in [0, 0.1) is 11.3 Å². The number of H-pyrrole nitrogens is 1. The predicted octanol–water partition coefficient (Wildman–Crippen LogP) is 4.46. The molecule has 6 rings (SSSR count). The van der Waals surface area contributed by atoms with Crippen LogP contribution in [0.4, 0.5) is 23.7 Å². The van der Waals surface area contributed by atoms with E-state index in [-0.39, 0.29) is 17.3 Å². The van der Waals surface area contributed by atoms with Gasteiger partial charge in [-0.15, -0.1) is 0 Å². The number of pyridine rings is 1. The number of halogens is 3. The Kier molecular flexibility index (Phi) is 6.42. The van der Waals surface area contributed by atoms with Crippen LogP contribution in [0.5, 0.6) is 0 Å². The molecule has 13 heteroatoms. The number of piperidine rings is 1. The van der Waals surface area contributed by atoms with Crippen LogP contribution in [0.2, 0.25) is 0 Å². The predicted molar refractivity (Wildman–Crippen MR) is 140 cm³/mol. The molecule has 0 bridgehead atoms. The molecule has 2 saturated heterocycles. The van der Waals surface area contributed by atoms with Crippen LogP contribution < -0.4 is 5.32 Å². The molecule has 0 atom stereocenters. The van der Waals surface area contributed by atoms with E-state index in [0.29, 0.717) is 45.4 Å². The van der Waals surface area contributed by atoms with Crippen molar-refractivity contribution in [1.29, 1.82) is 5.26 Å². The highest BCUT2D eigenvalue weighted by Crippen LogP contribution is 2.38. The van der Waals surface area contributed by atoms with E-state index < -0.39 is 17.8 Å². The van der Waals surface area contributed by atoms with Gasteiger partial charge in [0.25, 0.3) is 0 Å². The Labute approximate surface area is 227 Å². The number of fused-ring (bicyclic) bond motifs is 1. The molecule has 40 heavy (non-hydrogen) atoms. The number of anilines is 1. The van der Waals surface area contributed by atoms with Gasteiger partial charge in [0.1, 0.15) is 12.0 Å². The minimum Gasteiger partial charge on any atom is -0.346 e. The number of aromatic amines is 1. The highest BCUT2D eigenvalue weighted by atomic mass is 19.4. The minimum atomic E-state index is -4.59. The van der Waals surface area contributed by atoms with Gasteiger partial charge in [-0.3, -0.25) is 9.88 Å². The van der Waals surface area contributed by atoms with Gasteiger partial charge in [0.05, 0.1) is 41.2 Å². The lowest BCUT2D eigenvalue weighted by atomic mass is 9.83. The Hall–Kier alpha value is -4.44. The number of carbonyl (C=O) groups is 1. The van der Waals surface area contributed by atoms with Crippen molar-refractivity contribution >= 4 is 22.8 Å². The summed E-state index contributed by atoms with van der Waals surface area (Å²) in [5.74, 6) is 0. The number of hydrogen-bond acceptors (Lipinski definition) is 6. The summed E-state index contributed by atoms with van der Waals surface area (Å²) >= 11 is 0. The highest BCUT2D eigenvalue weighted by Gasteiger charge is 2.47. The van der Waals surface area contributed by atoms with E-state index in [9.17, 15) is 23.2 Å². The molecule has 0 radical (unpaired) electrons. The van der Waals surface area contributed by atoms with Gasteiger partial charge in [-0.2, -0.15) is 18.4 Å². The second kappa shape index (κ2) is 9.95. The lowest BCUT2D eigenvalue weighted by Gasteiger charge is -2.54. The van der Waals surface area contributed by atoms with Gasteiger partial charge in [0, 0.05) is 68.0 Å². The van der Waals surface area contributed by atoms with Crippen molar-refractivity contribution in [1.82, 2.24) is 34.3 Å². The third-order valence-corrected chi connectivity index (χ3v) is 7.91. The third kappa shape index (κ3) is 4.64. The molecule has 4 aromatic heterocycles. The van der Waals surface area contributed by atoms with Crippen LogP contribution in [0.1, 0.15) is 24.8 Å². The minimum absolute atomic E-state index is 0.219. The summed E-state index contributed by atoms with van der Waals surface area (Å²) in [4.78, 5) is 32.1. The molecule has 2 aliphatic heterocycles. The van der Waals surface area contributed by atoms with Gasteiger partial charge in [-0.1, -0.05) is 0 Å². The van der Waals surface area contributed by atoms with Gasteiger partial charge in [0.15, 0.2) is 0 Å². The third-order valence-electron chi connectivity index (χ3n) is 7.91. The van der Waals surface area contributed by atoms with Gasteiger partial charge >= 0.3 is 12.2 Å². The van der Waals surface area contributed by atoms with Gasteiger partial charge in [-0.05, 0) is 31.0 Å². The van der Waals surface area contributed by atoms with Crippen LogP contribution in [-0.4, -0.2) is 72.6 Å². The first-order chi connectivity index (χ1) is 19.3. The highest BCUT2D eigenvalue weighted by molar-refractivity contribution is 5.91. The summed E-state index contributed by atoms with van der Waals surface area (Å²) in [7, 11) is 0. The fraction of sp³-hybridized carbons (Fsp3) is 0.370.